The summed E-state index contributed by atoms with van der Waals surface area (Å²) in [6.07, 6.45) is 3.25. The minimum Gasteiger partial charge on any atom is -0.493 e. The number of hydrogen-bond acceptors (Lipinski definition) is 4. The first-order chi connectivity index (χ1) is 11.6. The van der Waals surface area contributed by atoms with E-state index in [9.17, 15) is 9.90 Å². The Morgan fingerprint density at radius 2 is 1.75 bits per heavy atom. The average molecular weight is 337 g/mol. The molecule has 0 bridgehead atoms. The summed E-state index contributed by atoms with van der Waals surface area (Å²) in [4.78, 5) is 11.2. The third-order valence-electron chi connectivity index (χ3n) is 4.32. The fraction of sp³-hybridized carbons (Fsp3) is 0.632. The largest absolute Gasteiger partial charge is 0.493 e. The molecule has 3 N–H and O–H groups in total. The minimum absolute atomic E-state index is 0.186. The quantitative estimate of drug-likeness (QED) is 0.610. The van der Waals surface area contributed by atoms with E-state index in [4.69, 9.17) is 15.2 Å². The normalized spacial score (nSPS) is 13.3. The molecule has 0 saturated heterocycles. The van der Waals surface area contributed by atoms with Gasteiger partial charge in [-0.05, 0) is 51.2 Å². The Labute approximate surface area is 145 Å². The Bertz CT molecular complexity index is 480. The Balaban J connectivity index is 2.84. The van der Waals surface area contributed by atoms with Crippen molar-refractivity contribution in [1.82, 2.24) is 0 Å². The second kappa shape index (κ2) is 10.9. The molecule has 1 aromatic rings. The molecule has 0 aromatic heterocycles. The van der Waals surface area contributed by atoms with E-state index in [1.54, 1.807) is 0 Å². The van der Waals surface area contributed by atoms with Gasteiger partial charge >= 0.3 is 5.97 Å². The monoisotopic (exact) mass is 337 g/mol. The summed E-state index contributed by atoms with van der Waals surface area (Å²) in [5, 5.41) is 9.21. The van der Waals surface area contributed by atoms with Crippen molar-refractivity contribution in [1.29, 1.82) is 0 Å². The second-order valence-electron chi connectivity index (χ2n) is 5.92. The average Bonchev–Trinajstić information content (AvgIpc) is 2.57. The molecule has 2 unspecified atom stereocenters. The van der Waals surface area contributed by atoms with Crippen LogP contribution in [0.2, 0.25) is 0 Å². The van der Waals surface area contributed by atoms with Crippen molar-refractivity contribution in [3.05, 3.63) is 23.8 Å². The van der Waals surface area contributed by atoms with Crippen molar-refractivity contribution in [3.8, 4) is 11.5 Å². The molecule has 0 fully saturated rings. The van der Waals surface area contributed by atoms with Crippen LogP contribution < -0.4 is 15.2 Å². The molecule has 1 rings (SSSR count). The van der Waals surface area contributed by atoms with Gasteiger partial charge in [0, 0.05) is 12.1 Å². The van der Waals surface area contributed by atoms with Crippen molar-refractivity contribution >= 4 is 5.97 Å². The molecule has 0 saturated carbocycles. The van der Waals surface area contributed by atoms with Gasteiger partial charge in [0.05, 0.1) is 19.1 Å². The summed E-state index contributed by atoms with van der Waals surface area (Å²) < 4.78 is 11.5. The predicted octanol–water partition coefficient (Wildman–Crippen LogP) is 3.49. The van der Waals surface area contributed by atoms with E-state index in [0.29, 0.717) is 25.6 Å². The van der Waals surface area contributed by atoms with Gasteiger partial charge in [0.15, 0.2) is 0 Å². The summed E-state index contributed by atoms with van der Waals surface area (Å²) in [6, 6.07) is 5.86. The molecule has 0 aliphatic heterocycles. The van der Waals surface area contributed by atoms with Crippen LogP contribution in [-0.4, -0.2) is 30.8 Å². The molecule has 0 heterocycles. The maximum Gasteiger partial charge on any atom is 0.307 e. The zero-order chi connectivity index (χ0) is 17.9. The molecule has 0 amide bonds. The zero-order valence-electron chi connectivity index (χ0n) is 15.1. The molecule has 0 spiro atoms. The Morgan fingerprint density at radius 3 is 2.17 bits per heavy atom. The number of nitrogens with two attached hydrogens (primary N) is 1. The highest BCUT2D eigenvalue weighted by Crippen LogP contribution is 2.32. The molecule has 5 heteroatoms. The van der Waals surface area contributed by atoms with Crippen LogP contribution >= 0.6 is 0 Å². The highest BCUT2D eigenvalue weighted by Gasteiger charge is 2.21. The molecule has 0 aliphatic rings. The van der Waals surface area contributed by atoms with Crippen LogP contribution in [0.3, 0.4) is 0 Å². The number of carbonyl (C=O) groups is 1. The Hall–Kier alpha value is -1.75. The van der Waals surface area contributed by atoms with Crippen molar-refractivity contribution in [2.75, 3.05) is 19.8 Å². The van der Waals surface area contributed by atoms with E-state index >= 15 is 0 Å². The lowest BCUT2D eigenvalue weighted by molar-refractivity contribution is -0.142. The minimum atomic E-state index is -0.805. The summed E-state index contributed by atoms with van der Waals surface area (Å²) in [5.41, 5.74) is 6.66. The first-order valence-electron chi connectivity index (χ1n) is 8.87. The van der Waals surface area contributed by atoms with E-state index in [0.717, 1.165) is 36.3 Å². The van der Waals surface area contributed by atoms with Crippen LogP contribution in [0.5, 0.6) is 11.5 Å². The van der Waals surface area contributed by atoms with Crippen LogP contribution in [0.15, 0.2) is 18.2 Å². The SMILES string of the molecule is CCOc1cccc(OCC)c1CCC(CC)CC(CN)C(=O)O. The third-order valence-corrected chi connectivity index (χ3v) is 4.32. The van der Waals surface area contributed by atoms with Crippen LogP contribution in [0.4, 0.5) is 0 Å². The molecule has 5 nitrogen and oxygen atoms in total. The molecular weight excluding hydrogens is 306 g/mol. The highest BCUT2D eigenvalue weighted by molar-refractivity contribution is 5.70. The Kier molecular flexibility index (Phi) is 9.23. The maximum absolute atomic E-state index is 11.2. The van der Waals surface area contributed by atoms with Gasteiger partial charge in [-0.3, -0.25) is 4.79 Å². The van der Waals surface area contributed by atoms with E-state index in [1.165, 1.54) is 0 Å². The summed E-state index contributed by atoms with van der Waals surface area (Å²) in [6.45, 7) is 7.42. The number of ether oxygens (including phenoxy) is 2. The van der Waals surface area contributed by atoms with E-state index in [2.05, 4.69) is 6.92 Å². The third kappa shape index (κ3) is 6.04. The lowest BCUT2D eigenvalue weighted by atomic mass is 9.87. The van der Waals surface area contributed by atoms with Crippen molar-refractivity contribution in [3.63, 3.8) is 0 Å². The van der Waals surface area contributed by atoms with Gasteiger partial charge in [-0.1, -0.05) is 19.4 Å². The maximum atomic E-state index is 11.2. The van der Waals surface area contributed by atoms with Gasteiger partial charge in [0.1, 0.15) is 11.5 Å². The second-order valence-corrected chi connectivity index (χ2v) is 5.92. The molecule has 24 heavy (non-hydrogen) atoms. The first-order valence-corrected chi connectivity index (χ1v) is 8.87. The fourth-order valence-electron chi connectivity index (χ4n) is 2.91. The van der Waals surface area contributed by atoms with Gasteiger partial charge in [0.25, 0.3) is 0 Å². The fourth-order valence-corrected chi connectivity index (χ4v) is 2.91. The molecular formula is C19H31NO4. The smallest absolute Gasteiger partial charge is 0.307 e. The van der Waals surface area contributed by atoms with Crippen molar-refractivity contribution < 1.29 is 19.4 Å². The van der Waals surface area contributed by atoms with Crippen LogP contribution in [0.1, 0.15) is 45.6 Å². The lowest BCUT2D eigenvalue weighted by Crippen LogP contribution is -2.26. The van der Waals surface area contributed by atoms with Crippen LogP contribution in [0, 0.1) is 11.8 Å². The van der Waals surface area contributed by atoms with E-state index < -0.39 is 11.9 Å². The van der Waals surface area contributed by atoms with Gasteiger partial charge in [0.2, 0.25) is 0 Å². The lowest BCUT2D eigenvalue weighted by Gasteiger charge is -2.21. The van der Waals surface area contributed by atoms with Gasteiger partial charge in [-0.15, -0.1) is 0 Å². The standard InChI is InChI=1S/C19H31NO4/c1-4-14(12-15(13-20)19(21)22)10-11-16-17(23-5-2)8-7-9-18(16)24-6-3/h7-9,14-15H,4-6,10-13,20H2,1-3H3,(H,21,22). The van der Waals surface area contributed by atoms with Gasteiger partial charge < -0.3 is 20.3 Å². The summed E-state index contributed by atoms with van der Waals surface area (Å²) >= 11 is 0. The molecule has 0 aliphatic carbocycles. The van der Waals surface area contributed by atoms with Gasteiger partial charge in [-0.2, -0.15) is 0 Å². The number of hydrogen-bond donors (Lipinski definition) is 2. The molecule has 136 valence electrons. The highest BCUT2D eigenvalue weighted by atomic mass is 16.5. The van der Waals surface area contributed by atoms with Crippen LogP contribution in [0.25, 0.3) is 0 Å². The Morgan fingerprint density at radius 1 is 1.17 bits per heavy atom. The topological polar surface area (TPSA) is 81.8 Å². The number of aliphatic carboxylic acids is 1. The molecule has 1 aromatic carbocycles. The van der Waals surface area contributed by atoms with Crippen LogP contribution in [-0.2, 0) is 11.2 Å². The van der Waals surface area contributed by atoms with Crippen molar-refractivity contribution in [2.45, 2.75) is 46.5 Å². The van der Waals surface area contributed by atoms with Crippen molar-refractivity contribution in [2.24, 2.45) is 17.6 Å². The van der Waals surface area contributed by atoms with E-state index in [1.807, 2.05) is 32.0 Å². The zero-order valence-corrected chi connectivity index (χ0v) is 15.1. The predicted molar refractivity (Wildman–Crippen MR) is 95.7 cm³/mol. The summed E-state index contributed by atoms with van der Waals surface area (Å²) in [7, 11) is 0. The number of benzene rings is 1. The molecule has 0 radical (unpaired) electrons. The summed E-state index contributed by atoms with van der Waals surface area (Å²) in [5.74, 6) is 0.752. The van der Waals surface area contributed by atoms with E-state index in [-0.39, 0.29) is 6.54 Å². The van der Waals surface area contributed by atoms with Gasteiger partial charge in [-0.25, -0.2) is 0 Å². The molecule has 2 atom stereocenters. The first kappa shape index (κ1) is 20.3. The number of carboxylic acid groups (broad SMARTS) is 1. The number of rotatable bonds is 12. The number of carboxylic acids is 1.